The van der Waals surface area contributed by atoms with Crippen LogP contribution in [0.5, 0.6) is 0 Å². The first-order chi connectivity index (χ1) is 9.33. The van der Waals surface area contributed by atoms with Crippen molar-refractivity contribution >= 4 is 17.4 Å². The lowest BCUT2D eigenvalue weighted by Gasteiger charge is -2.32. The molecule has 100 valence electrons. The summed E-state index contributed by atoms with van der Waals surface area (Å²) < 4.78 is 6.09. The van der Waals surface area contributed by atoms with Crippen molar-refractivity contribution in [1.29, 1.82) is 0 Å². The number of hydrogen-bond acceptors (Lipinski definition) is 4. The van der Waals surface area contributed by atoms with Crippen LogP contribution >= 0.6 is 11.5 Å². The molecule has 2 aromatic heterocycles. The van der Waals surface area contributed by atoms with Crippen LogP contribution in [0, 0.1) is 5.92 Å². The first-order valence-corrected chi connectivity index (χ1v) is 7.31. The molecule has 1 fully saturated rings. The smallest absolute Gasteiger partial charge is 0.256 e. The average Bonchev–Trinajstić information content (AvgIpc) is 3.11. The Kier molecular flexibility index (Phi) is 3.59. The fraction of sp³-hybridized carbons (Fsp3) is 0.462. The van der Waals surface area contributed by atoms with Gasteiger partial charge in [-0.15, -0.1) is 0 Å². The van der Waals surface area contributed by atoms with Crippen molar-refractivity contribution < 1.29 is 4.79 Å². The van der Waals surface area contributed by atoms with Gasteiger partial charge in [0.05, 0.1) is 18.1 Å². The third-order valence-electron chi connectivity index (χ3n) is 3.51. The number of piperidine rings is 1. The van der Waals surface area contributed by atoms with E-state index >= 15 is 0 Å². The molecule has 6 heteroatoms. The van der Waals surface area contributed by atoms with Gasteiger partial charge in [-0.25, -0.2) is 9.36 Å². The molecule has 0 radical (unpaired) electrons. The van der Waals surface area contributed by atoms with E-state index in [9.17, 15) is 4.79 Å². The van der Waals surface area contributed by atoms with Crippen LogP contribution in [0.4, 0.5) is 0 Å². The highest BCUT2D eigenvalue weighted by atomic mass is 32.1. The van der Waals surface area contributed by atoms with Crippen LogP contribution in [0.15, 0.2) is 30.3 Å². The van der Waals surface area contributed by atoms with Crippen LogP contribution in [0.1, 0.15) is 23.2 Å². The summed E-state index contributed by atoms with van der Waals surface area (Å²) in [5.74, 6) is 0.627. The molecular weight excluding hydrogens is 260 g/mol. The average molecular weight is 276 g/mol. The molecule has 5 nitrogen and oxygen atoms in total. The molecule has 0 spiro atoms. The SMILES string of the molecule is O=C(c1cnsc1)N1CCCC(Cn2ccnc2)C1. The van der Waals surface area contributed by atoms with E-state index < -0.39 is 0 Å². The van der Waals surface area contributed by atoms with Crippen molar-refractivity contribution in [2.75, 3.05) is 13.1 Å². The zero-order chi connectivity index (χ0) is 13.1. The molecule has 1 amide bonds. The third-order valence-corrected chi connectivity index (χ3v) is 4.10. The number of carbonyl (C=O) groups excluding carboxylic acids is 1. The van der Waals surface area contributed by atoms with Gasteiger partial charge in [-0.05, 0) is 30.3 Å². The van der Waals surface area contributed by atoms with Gasteiger partial charge in [0.1, 0.15) is 0 Å². The molecule has 1 unspecified atom stereocenters. The highest BCUT2D eigenvalue weighted by Crippen LogP contribution is 2.20. The summed E-state index contributed by atoms with van der Waals surface area (Å²) in [6, 6.07) is 0. The Morgan fingerprint density at radius 2 is 2.47 bits per heavy atom. The highest BCUT2D eigenvalue weighted by Gasteiger charge is 2.25. The maximum Gasteiger partial charge on any atom is 0.256 e. The lowest BCUT2D eigenvalue weighted by atomic mass is 9.97. The number of imidazole rings is 1. The lowest BCUT2D eigenvalue weighted by molar-refractivity contribution is 0.0662. The van der Waals surface area contributed by atoms with Gasteiger partial charge in [0.25, 0.3) is 5.91 Å². The minimum atomic E-state index is 0.115. The summed E-state index contributed by atoms with van der Waals surface area (Å²) in [4.78, 5) is 18.3. The highest BCUT2D eigenvalue weighted by molar-refractivity contribution is 7.03. The summed E-state index contributed by atoms with van der Waals surface area (Å²) in [7, 11) is 0. The molecule has 0 aromatic carbocycles. The van der Waals surface area contributed by atoms with Crippen LogP contribution in [-0.4, -0.2) is 37.8 Å². The summed E-state index contributed by atoms with van der Waals surface area (Å²) in [5, 5.41) is 1.82. The second-order valence-electron chi connectivity index (χ2n) is 4.93. The summed E-state index contributed by atoms with van der Waals surface area (Å²) in [5.41, 5.74) is 0.716. The van der Waals surface area contributed by atoms with Crippen molar-refractivity contribution in [1.82, 2.24) is 18.8 Å². The van der Waals surface area contributed by atoms with Crippen molar-refractivity contribution in [3.8, 4) is 0 Å². The van der Waals surface area contributed by atoms with Crippen LogP contribution in [0.2, 0.25) is 0 Å². The fourth-order valence-electron chi connectivity index (χ4n) is 2.58. The van der Waals surface area contributed by atoms with E-state index in [4.69, 9.17) is 0 Å². The Hall–Kier alpha value is -1.69. The number of nitrogens with zero attached hydrogens (tertiary/aromatic N) is 4. The molecule has 2 aromatic rings. The zero-order valence-electron chi connectivity index (χ0n) is 10.6. The van der Waals surface area contributed by atoms with E-state index in [1.807, 2.05) is 22.8 Å². The van der Waals surface area contributed by atoms with E-state index in [2.05, 4.69) is 13.9 Å². The molecule has 0 bridgehead atoms. The standard InChI is InChI=1S/C13H16N4OS/c18-13(12-6-15-19-9-12)17-4-1-2-11(8-17)7-16-5-3-14-10-16/h3,5-6,9-11H,1-2,4,7-8H2. The molecule has 3 heterocycles. The molecule has 1 atom stereocenters. The van der Waals surface area contributed by atoms with Crippen molar-refractivity contribution in [3.05, 3.63) is 35.9 Å². The van der Waals surface area contributed by atoms with Crippen LogP contribution in [0.25, 0.3) is 0 Å². The predicted octanol–water partition coefficient (Wildman–Crippen LogP) is 1.89. The van der Waals surface area contributed by atoms with Crippen molar-refractivity contribution in [3.63, 3.8) is 0 Å². The monoisotopic (exact) mass is 276 g/mol. The third kappa shape index (κ3) is 2.84. The quantitative estimate of drug-likeness (QED) is 0.860. The lowest BCUT2D eigenvalue weighted by Crippen LogP contribution is -2.40. The van der Waals surface area contributed by atoms with E-state index in [-0.39, 0.29) is 5.91 Å². The van der Waals surface area contributed by atoms with Crippen LogP contribution in [-0.2, 0) is 6.54 Å². The van der Waals surface area contributed by atoms with Gasteiger partial charge in [0.15, 0.2) is 0 Å². The first-order valence-electron chi connectivity index (χ1n) is 6.47. The minimum Gasteiger partial charge on any atom is -0.338 e. The molecule has 0 N–H and O–H groups in total. The van der Waals surface area contributed by atoms with Gasteiger partial charge in [-0.3, -0.25) is 4.79 Å². The number of hydrogen-bond donors (Lipinski definition) is 0. The van der Waals surface area contributed by atoms with Gasteiger partial charge in [0.2, 0.25) is 0 Å². The molecule has 1 saturated heterocycles. The molecule has 1 aliphatic heterocycles. The molecule has 0 aliphatic carbocycles. The second-order valence-corrected chi connectivity index (χ2v) is 5.59. The number of likely N-dealkylation sites (tertiary alicyclic amines) is 1. The Labute approximate surface area is 116 Å². The Morgan fingerprint density at radius 1 is 1.53 bits per heavy atom. The van der Waals surface area contributed by atoms with Crippen molar-refractivity contribution in [2.45, 2.75) is 19.4 Å². The van der Waals surface area contributed by atoms with Gasteiger partial charge in [-0.1, -0.05) is 0 Å². The predicted molar refractivity (Wildman–Crippen MR) is 73.0 cm³/mol. The Morgan fingerprint density at radius 3 is 3.21 bits per heavy atom. The first kappa shape index (κ1) is 12.3. The Balaban J connectivity index is 1.63. The van der Waals surface area contributed by atoms with Gasteiger partial charge in [0, 0.05) is 37.4 Å². The summed E-state index contributed by atoms with van der Waals surface area (Å²) >= 11 is 1.33. The molecule has 0 saturated carbocycles. The van der Waals surface area contributed by atoms with E-state index in [1.165, 1.54) is 18.0 Å². The fourth-order valence-corrected chi connectivity index (χ4v) is 3.09. The van der Waals surface area contributed by atoms with E-state index in [0.717, 1.165) is 26.1 Å². The van der Waals surface area contributed by atoms with Crippen LogP contribution in [0.3, 0.4) is 0 Å². The minimum absolute atomic E-state index is 0.115. The van der Waals surface area contributed by atoms with Gasteiger partial charge < -0.3 is 9.47 Å². The molecular formula is C13H16N4OS. The topological polar surface area (TPSA) is 51.0 Å². The number of rotatable bonds is 3. The Bertz CT molecular complexity index is 523. The second kappa shape index (κ2) is 5.52. The molecule has 19 heavy (non-hydrogen) atoms. The number of aromatic nitrogens is 3. The normalized spacial score (nSPS) is 19.6. The van der Waals surface area contributed by atoms with E-state index in [0.29, 0.717) is 11.5 Å². The van der Waals surface area contributed by atoms with Gasteiger partial charge in [-0.2, -0.15) is 0 Å². The number of carbonyl (C=O) groups is 1. The largest absolute Gasteiger partial charge is 0.338 e. The maximum atomic E-state index is 12.3. The molecule has 3 rings (SSSR count). The van der Waals surface area contributed by atoms with Gasteiger partial charge >= 0.3 is 0 Å². The van der Waals surface area contributed by atoms with E-state index in [1.54, 1.807) is 12.4 Å². The zero-order valence-corrected chi connectivity index (χ0v) is 11.4. The van der Waals surface area contributed by atoms with Crippen molar-refractivity contribution in [2.24, 2.45) is 5.92 Å². The maximum absolute atomic E-state index is 12.3. The summed E-state index contributed by atoms with van der Waals surface area (Å²) in [6.45, 7) is 2.62. The summed E-state index contributed by atoms with van der Waals surface area (Å²) in [6.07, 6.45) is 9.51. The molecule has 1 aliphatic rings. The number of amides is 1. The van der Waals surface area contributed by atoms with Crippen LogP contribution < -0.4 is 0 Å².